The number of benzene rings is 1. The fourth-order valence-electron chi connectivity index (χ4n) is 1.26. The van der Waals surface area contributed by atoms with Gasteiger partial charge in [0, 0.05) is 5.69 Å². The summed E-state index contributed by atoms with van der Waals surface area (Å²) in [4.78, 5) is 22.5. The first-order valence-corrected chi connectivity index (χ1v) is 5.32. The average Bonchev–Trinajstić information content (AvgIpc) is 2.17. The first kappa shape index (κ1) is 13.8. The lowest BCUT2D eigenvalue weighted by molar-refractivity contribution is 0.0636. The number of nitrogens with one attached hydrogen (secondary N) is 1. The Bertz CT molecular complexity index is 477. The summed E-state index contributed by atoms with van der Waals surface area (Å²) in [5.74, 6) is -1.17. The van der Waals surface area contributed by atoms with Crippen molar-refractivity contribution in [1.82, 2.24) is 0 Å². The van der Waals surface area contributed by atoms with Gasteiger partial charge in [0.05, 0.1) is 11.3 Å². The lowest BCUT2D eigenvalue weighted by atomic mass is 10.1. The second-order valence-electron chi connectivity index (χ2n) is 4.74. The number of carbonyl (C=O) groups is 2. The number of nitrogens with two attached hydrogens (primary N) is 1. The van der Waals surface area contributed by atoms with E-state index < -0.39 is 17.7 Å². The maximum absolute atomic E-state index is 11.5. The molecular weight excluding hydrogens is 236 g/mol. The highest BCUT2D eigenvalue weighted by Gasteiger charge is 2.18. The van der Waals surface area contributed by atoms with Crippen LogP contribution in [0.4, 0.5) is 16.2 Å². The van der Waals surface area contributed by atoms with Crippen LogP contribution in [-0.2, 0) is 4.74 Å². The Hall–Kier alpha value is -2.24. The molecule has 4 N–H and O–H groups in total. The molecule has 0 spiro atoms. The van der Waals surface area contributed by atoms with Crippen LogP contribution in [-0.4, -0.2) is 22.8 Å². The SMILES string of the molecule is CC(C)(C)OC(=O)Nc1ccc(N)cc1C(=O)O. The molecule has 1 aromatic rings. The molecule has 6 heteroatoms. The summed E-state index contributed by atoms with van der Waals surface area (Å²) in [7, 11) is 0. The lowest BCUT2D eigenvalue weighted by Gasteiger charge is -2.20. The minimum Gasteiger partial charge on any atom is -0.478 e. The summed E-state index contributed by atoms with van der Waals surface area (Å²) in [5.41, 5.74) is 5.21. The van der Waals surface area contributed by atoms with Crippen LogP contribution in [0.1, 0.15) is 31.1 Å². The molecule has 1 amide bonds. The van der Waals surface area contributed by atoms with E-state index in [9.17, 15) is 9.59 Å². The maximum atomic E-state index is 11.5. The second kappa shape index (κ2) is 4.95. The lowest BCUT2D eigenvalue weighted by Crippen LogP contribution is -2.27. The van der Waals surface area contributed by atoms with E-state index in [0.717, 1.165) is 0 Å². The van der Waals surface area contributed by atoms with E-state index in [1.807, 2.05) is 0 Å². The molecule has 0 saturated heterocycles. The Kier molecular flexibility index (Phi) is 3.80. The topological polar surface area (TPSA) is 102 Å². The minimum atomic E-state index is -1.17. The molecular formula is C12H16N2O4. The zero-order chi connectivity index (χ0) is 13.9. The molecule has 98 valence electrons. The smallest absolute Gasteiger partial charge is 0.412 e. The number of carboxylic acids is 1. The van der Waals surface area contributed by atoms with Gasteiger partial charge in [0.2, 0.25) is 0 Å². The molecule has 0 aliphatic heterocycles. The van der Waals surface area contributed by atoms with Gasteiger partial charge in [-0.25, -0.2) is 9.59 Å². The Morgan fingerprint density at radius 3 is 2.44 bits per heavy atom. The molecule has 0 aliphatic carbocycles. The van der Waals surface area contributed by atoms with Crippen LogP contribution in [0.25, 0.3) is 0 Å². The van der Waals surface area contributed by atoms with Crippen LogP contribution in [0.3, 0.4) is 0 Å². The normalized spacial score (nSPS) is 10.8. The van der Waals surface area contributed by atoms with E-state index in [1.54, 1.807) is 20.8 Å². The number of anilines is 2. The van der Waals surface area contributed by atoms with Crippen molar-refractivity contribution in [3.63, 3.8) is 0 Å². The molecule has 0 radical (unpaired) electrons. The Morgan fingerprint density at radius 1 is 1.33 bits per heavy atom. The van der Waals surface area contributed by atoms with Crippen LogP contribution in [0, 0.1) is 0 Å². The molecule has 0 bridgehead atoms. The van der Waals surface area contributed by atoms with Gasteiger partial charge >= 0.3 is 12.1 Å². The third-order valence-electron chi connectivity index (χ3n) is 1.91. The number of carboxylic acid groups (broad SMARTS) is 1. The minimum absolute atomic E-state index is 0.0825. The highest BCUT2D eigenvalue weighted by molar-refractivity contribution is 5.99. The van der Waals surface area contributed by atoms with Gasteiger partial charge in [-0.15, -0.1) is 0 Å². The largest absolute Gasteiger partial charge is 0.478 e. The van der Waals surface area contributed by atoms with Crippen LogP contribution in [0.15, 0.2) is 18.2 Å². The van der Waals surface area contributed by atoms with E-state index >= 15 is 0 Å². The summed E-state index contributed by atoms with van der Waals surface area (Å²) in [5, 5.41) is 11.4. The molecule has 0 fully saturated rings. The number of hydrogen-bond donors (Lipinski definition) is 3. The average molecular weight is 252 g/mol. The summed E-state index contributed by atoms with van der Waals surface area (Å²) in [6.07, 6.45) is -0.713. The Balaban J connectivity index is 2.91. The van der Waals surface area contributed by atoms with E-state index in [4.69, 9.17) is 15.6 Å². The van der Waals surface area contributed by atoms with Gasteiger partial charge in [-0.2, -0.15) is 0 Å². The van der Waals surface area contributed by atoms with Gasteiger partial charge in [0.15, 0.2) is 0 Å². The number of rotatable bonds is 2. The van der Waals surface area contributed by atoms with Crippen molar-refractivity contribution in [2.45, 2.75) is 26.4 Å². The van der Waals surface area contributed by atoms with E-state index in [1.165, 1.54) is 18.2 Å². The second-order valence-corrected chi connectivity index (χ2v) is 4.74. The van der Waals surface area contributed by atoms with Crippen LogP contribution < -0.4 is 11.1 Å². The van der Waals surface area contributed by atoms with Gasteiger partial charge < -0.3 is 15.6 Å². The summed E-state index contributed by atoms with van der Waals surface area (Å²) in [6.45, 7) is 5.15. The summed E-state index contributed by atoms with van der Waals surface area (Å²) < 4.78 is 5.03. The van der Waals surface area contributed by atoms with Crippen molar-refractivity contribution in [2.24, 2.45) is 0 Å². The quantitative estimate of drug-likeness (QED) is 0.701. The van der Waals surface area contributed by atoms with Crippen molar-refractivity contribution in [2.75, 3.05) is 11.1 Å². The van der Waals surface area contributed by atoms with Crippen molar-refractivity contribution in [3.8, 4) is 0 Å². The fourth-order valence-corrected chi connectivity index (χ4v) is 1.26. The third-order valence-corrected chi connectivity index (χ3v) is 1.91. The maximum Gasteiger partial charge on any atom is 0.412 e. The van der Waals surface area contributed by atoms with Gasteiger partial charge in [-0.3, -0.25) is 5.32 Å². The van der Waals surface area contributed by atoms with E-state index in [-0.39, 0.29) is 11.3 Å². The number of ether oxygens (including phenoxy) is 1. The van der Waals surface area contributed by atoms with Crippen molar-refractivity contribution in [1.29, 1.82) is 0 Å². The molecule has 18 heavy (non-hydrogen) atoms. The summed E-state index contributed by atoms with van der Waals surface area (Å²) >= 11 is 0. The zero-order valence-corrected chi connectivity index (χ0v) is 10.5. The third kappa shape index (κ3) is 3.97. The number of aromatic carboxylic acids is 1. The molecule has 1 aromatic carbocycles. The predicted molar refractivity (Wildman–Crippen MR) is 67.7 cm³/mol. The predicted octanol–water partition coefficient (Wildman–Crippen LogP) is 2.31. The van der Waals surface area contributed by atoms with Gasteiger partial charge in [-0.1, -0.05) is 0 Å². The van der Waals surface area contributed by atoms with Gasteiger partial charge in [0.1, 0.15) is 5.60 Å². The van der Waals surface area contributed by atoms with Gasteiger partial charge in [-0.05, 0) is 39.0 Å². The van der Waals surface area contributed by atoms with Crippen molar-refractivity contribution in [3.05, 3.63) is 23.8 Å². The molecule has 0 aromatic heterocycles. The molecule has 1 rings (SSSR count). The first-order valence-electron chi connectivity index (χ1n) is 5.32. The number of nitrogen functional groups attached to an aromatic ring is 1. The number of hydrogen-bond acceptors (Lipinski definition) is 4. The molecule has 0 unspecified atom stereocenters. The van der Waals surface area contributed by atoms with Crippen molar-refractivity contribution >= 4 is 23.4 Å². The van der Waals surface area contributed by atoms with Crippen LogP contribution >= 0.6 is 0 Å². The molecule has 0 saturated carbocycles. The fraction of sp³-hybridized carbons (Fsp3) is 0.333. The molecule has 0 atom stereocenters. The number of carbonyl (C=O) groups excluding carboxylic acids is 1. The first-order chi connectivity index (χ1) is 8.19. The summed E-state index contributed by atoms with van der Waals surface area (Å²) in [6, 6.07) is 4.19. The van der Waals surface area contributed by atoms with Crippen molar-refractivity contribution < 1.29 is 19.4 Å². The Morgan fingerprint density at radius 2 is 1.94 bits per heavy atom. The zero-order valence-electron chi connectivity index (χ0n) is 10.5. The number of amides is 1. The van der Waals surface area contributed by atoms with E-state index in [0.29, 0.717) is 5.69 Å². The van der Waals surface area contributed by atoms with Crippen LogP contribution in [0.5, 0.6) is 0 Å². The monoisotopic (exact) mass is 252 g/mol. The van der Waals surface area contributed by atoms with Crippen LogP contribution in [0.2, 0.25) is 0 Å². The highest BCUT2D eigenvalue weighted by Crippen LogP contribution is 2.20. The highest BCUT2D eigenvalue weighted by atomic mass is 16.6. The van der Waals surface area contributed by atoms with Gasteiger partial charge in [0.25, 0.3) is 0 Å². The van der Waals surface area contributed by atoms with E-state index in [2.05, 4.69) is 5.32 Å². The Labute approximate surface area is 105 Å². The molecule has 6 nitrogen and oxygen atoms in total. The standard InChI is InChI=1S/C12H16N2O4/c1-12(2,3)18-11(17)14-9-5-4-7(13)6-8(9)10(15)16/h4-6H,13H2,1-3H3,(H,14,17)(H,15,16). The molecule has 0 heterocycles. The molecule has 0 aliphatic rings.